The van der Waals surface area contributed by atoms with Gasteiger partial charge in [-0.2, -0.15) is 0 Å². The molecule has 1 atom stereocenters. The van der Waals surface area contributed by atoms with E-state index in [9.17, 15) is 9.59 Å². The first-order chi connectivity index (χ1) is 13.0. The number of benzene rings is 2. The summed E-state index contributed by atoms with van der Waals surface area (Å²) in [7, 11) is 1.59. The van der Waals surface area contributed by atoms with E-state index in [1.165, 1.54) is 4.90 Å². The molecule has 2 aromatic carbocycles. The van der Waals surface area contributed by atoms with Crippen LogP contribution in [0.5, 0.6) is 0 Å². The van der Waals surface area contributed by atoms with E-state index in [0.29, 0.717) is 19.8 Å². The SMILES string of the molecule is CC(CN(C)C(=O)NCc1ccccc1COCc1ccccc1)C(=O)O. The highest BCUT2D eigenvalue weighted by molar-refractivity contribution is 5.75. The number of urea groups is 1. The van der Waals surface area contributed by atoms with Crippen LogP contribution in [0.25, 0.3) is 0 Å². The Hall–Kier alpha value is -2.86. The number of carboxylic acids is 1. The molecule has 144 valence electrons. The lowest BCUT2D eigenvalue weighted by Gasteiger charge is -2.20. The van der Waals surface area contributed by atoms with Crippen LogP contribution < -0.4 is 5.32 Å². The molecule has 0 heterocycles. The summed E-state index contributed by atoms with van der Waals surface area (Å²) < 4.78 is 5.79. The summed E-state index contributed by atoms with van der Waals surface area (Å²) in [5.74, 6) is -1.53. The van der Waals surface area contributed by atoms with E-state index >= 15 is 0 Å². The van der Waals surface area contributed by atoms with Crippen LogP contribution in [0, 0.1) is 5.92 Å². The van der Waals surface area contributed by atoms with E-state index in [-0.39, 0.29) is 12.6 Å². The third kappa shape index (κ3) is 6.75. The van der Waals surface area contributed by atoms with Crippen molar-refractivity contribution < 1.29 is 19.4 Å². The van der Waals surface area contributed by atoms with Crippen LogP contribution in [0.15, 0.2) is 54.6 Å². The van der Waals surface area contributed by atoms with Crippen LogP contribution in [0.4, 0.5) is 4.79 Å². The second-order valence-corrected chi connectivity index (χ2v) is 6.53. The zero-order valence-electron chi connectivity index (χ0n) is 15.7. The van der Waals surface area contributed by atoms with E-state index in [1.54, 1.807) is 14.0 Å². The van der Waals surface area contributed by atoms with E-state index in [0.717, 1.165) is 16.7 Å². The highest BCUT2D eigenvalue weighted by Crippen LogP contribution is 2.12. The summed E-state index contributed by atoms with van der Waals surface area (Å²) >= 11 is 0. The fourth-order valence-electron chi connectivity index (χ4n) is 2.60. The van der Waals surface area contributed by atoms with Crippen molar-refractivity contribution in [3.8, 4) is 0 Å². The number of carbonyl (C=O) groups is 2. The third-order valence-corrected chi connectivity index (χ3v) is 4.23. The van der Waals surface area contributed by atoms with Crippen molar-refractivity contribution in [2.45, 2.75) is 26.7 Å². The Kier molecular flexibility index (Phi) is 7.82. The number of aliphatic carboxylic acids is 1. The van der Waals surface area contributed by atoms with E-state index in [1.807, 2.05) is 54.6 Å². The topological polar surface area (TPSA) is 78.9 Å². The molecule has 0 aliphatic heterocycles. The number of nitrogens with zero attached hydrogens (tertiary/aromatic N) is 1. The van der Waals surface area contributed by atoms with Crippen LogP contribution in [-0.2, 0) is 29.3 Å². The van der Waals surface area contributed by atoms with Gasteiger partial charge in [-0.3, -0.25) is 4.79 Å². The second-order valence-electron chi connectivity index (χ2n) is 6.53. The van der Waals surface area contributed by atoms with Gasteiger partial charge in [0.1, 0.15) is 0 Å². The van der Waals surface area contributed by atoms with Crippen molar-refractivity contribution in [2.24, 2.45) is 5.92 Å². The third-order valence-electron chi connectivity index (χ3n) is 4.23. The summed E-state index contributed by atoms with van der Waals surface area (Å²) in [4.78, 5) is 24.5. The first-order valence-electron chi connectivity index (χ1n) is 8.87. The van der Waals surface area contributed by atoms with E-state index < -0.39 is 11.9 Å². The average Bonchev–Trinajstić information content (AvgIpc) is 2.67. The van der Waals surface area contributed by atoms with Crippen molar-refractivity contribution in [1.29, 1.82) is 0 Å². The Morgan fingerprint density at radius 1 is 1.04 bits per heavy atom. The largest absolute Gasteiger partial charge is 0.481 e. The molecule has 2 rings (SSSR count). The minimum absolute atomic E-state index is 0.156. The summed E-state index contributed by atoms with van der Waals surface area (Å²) in [6, 6.07) is 17.4. The van der Waals surface area contributed by atoms with E-state index in [4.69, 9.17) is 9.84 Å². The Morgan fingerprint density at radius 3 is 2.33 bits per heavy atom. The lowest BCUT2D eigenvalue weighted by molar-refractivity contribution is -0.141. The van der Waals surface area contributed by atoms with Crippen LogP contribution >= 0.6 is 0 Å². The molecule has 0 aliphatic rings. The Morgan fingerprint density at radius 2 is 1.67 bits per heavy atom. The number of rotatable bonds is 9. The van der Waals surface area contributed by atoms with Gasteiger partial charge in [-0.1, -0.05) is 61.5 Å². The van der Waals surface area contributed by atoms with Gasteiger partial charge < -0.3 is 20.1 Å². The maximum atomic E-state index is 12.2. The molecule has 0 saturated carbocycles. The number of hydrogen-bond acceptors (Lipinski definition) is 3. The Labute approximate surface area is 159 Å². The quantitative estimate of drug-likeness (QED) is 0.710. The van der Waals surface area contributed by atoms with Crippen molar-refractivity contribution >= 4 is 12.0 Å². The van der Waals surface area contributed by atoms with Crippen molar-refractivity contribution in [2.75, 3.05) is 13.6 Å². The number of nitrogens with one attached hydrogen (secondary N) is 1. The Bertz CT molecular complexity index is 749. The van der Waals surface area contributed by atoms with Crippen molar-refractivity contribution in [3.63, 3.8) is 0 Å². The van der Waals surface area contributed by atoms with Gasteiger partial charge in [0, 0.05) is 20.1 Å². The number of hydrogen-bond donors (Lipinski definition) is 2. The first-order valence-corrected chi connectivity index (χ1v) is 8.87. The van der Waals surface area contributed by atoms with Gasteiger partial charge in [0.15, 0.2) is 0 Å². The summed E-state index contributed by atoms with van der Waals surface area (Å²) in [5.41, 5.74) is 3.09. The summed E-state index contributed by atoms with van der Waals surface area (Å²) in [5, 5.41) is 11.8. The smallest absolute Gasteiger partial charge is 0.317 e. The van der Waals surface area contributed by atoms with Crippen LogP contribution in [0.1, 0.15) is 23.6 Å². The molecular formula is C21H26N2O4. The highest BCUT2D eigenvalue weighted by Gasteiger charge is 2.17. The molecule has 1 unspecified atom stereocenters. The summed E-state index contributed by atoms with van der Waals surface area (Å²) in [6.07, 6.45) is 0. The minimum atomic E-state index is -0.921. The molecule has 0 radical (unpaired) electrons. The normalized spacial score (nSPS) is 11.6. The second kappa shape index (κ2) is 10.3. The number of amides is 2. The lowest BCUT2D eigenvalue weighted by Crippen LogP contribution is -2.40. The first kappa shape index (κ1) is 20.5. The van der Waals surface area contributed by atoms with Gasteiger partial charge in [0.25, 0.3) is 0 Å². The molecule has 0 spiro atoms. The zero-order valence-corrected chi connectivity index (χ0v) is 15.7. The lowest BCUT2D eigenvalue weighted by atomic mass is 10.1. The molecule has 0 aliphatic carbocycles. The van der Waals surface area contributed by atoms with Gasteiger partial charge >= 0.3 is 12.0 Å². The molecule has 2 aromatic rings. The van der Waals surface area contributed by atoms with E-state index in [2.05, 4.69) is 5.32 Å². The monoisotopic (exact) mass is 370 g/mol. The molecule has 0 saturated heterocycles. The molecule has 0 fully saturated rings. The van der Waals surface area contributed by atoms with Crippen molar-refractivity contribution in [1.82, 2.24) is 10.2 Å². The van der Waals surface area contributed by atoms with Gasteiger partial charge in [-0.25, -0.2) is 4.79 Å². The standard InChI is InChI=1S/C21H26N2O4/c1-16(20(24)25)13-23(2)21(26)22-12-18-10-6-7-11-19(18)15-27-14-17-8-4-3-5-9-17/h3-11,16H,12-15H2,1-2H3,(H,22,26)(H,24,25). The van der Waals surface area contributed by atoms with Crippen LogP contribution in [0.3, 0.4) is 0 Å². The molecule has 2 amide bonds. The maximum Gasteiger partial charge on any atom is 0.317 e. The molecule has 2 N–H and O–H groups in total. The Balaban J connectivity index is 1.85. The number of ether oxygens (including phenoxy) is 1. The molecule has 0 bridgehead atoms. The van der Waals surface area contributed by atoms with Gasteiger partial charge in [-0.15, -0.1) is 0 Å². The molecular weight excluding hydrogens is 344 g/mol. The molecule has 27 heavy (non-hydrogen) atoms. The van der Waals surface area contributed by atoms with Crippen LogP contribution in [-0.4, -0.2) is 35.6 Å². The van der Waals surface area contributed by atoms with Gasteiger partial charge in [-0.05, 0) is 16.7 Å². The predicted octanol–water partition coefficient (Wildman–Crippen LogP) is 3.27. The van der Waals surface area contributed by atoms with Crippen LogP contribution in [0.2, 0.25) is 0 Å². The van der Waals surface area contributed by atoms with Gasteiger partial charge in [0.05, 0.1) is 19.1 Å². The molecule has 0 aromatic heterocycles. The zero-order chi connectivity index (χ0) is 19.6. The summed E-state index contributed by atoms with van der Waals surface area (Å²) in [6.45, 7) is 3.06. The molecule has 6 heteroatoms. The van der Waals surface area contributed by atoms with Crippen molar-refractivity contribution in [3.05, 3.63) is 71.3 Å². The number of carbonyl (C=O) groups excluding carboxylic acids is 1. The fourth-order valence-corrected chi connectivity index (χ4v) is 2.60. The highest BCUT2D eigenvalue weighted by atomic mass is 16.5. The fraction of sp³-hybridized carbons (Fsp3) is 0.333. The van der Waals surface area contributed by atoms with Gasteiger partial charge in [0.2, 0.25) is 0 Å². The average molecular weight is 370 g/mol. The predicted molar refractivity (Wildman–Crippen MR) is 103 cm³/mol. The maximum absolute atomic E-state index is 12.2. The minimum Gasteiger partial charge on any atom is -0.481 e. The molecule has 6 nitrogen and oxygen atoms in total. The number of carboxylic acid groups (broad SMARTS) is 1.